The summed E-state index contributed by atoms with van der Waals surface area (Å²) in [6.45, 7) is 0. The third-order valence-corrected chi connectivity index (χ3v) is 3.46. The van der Waals surface area contributed by atoms with Gasteiger partial charge < -0.3 is 9.97 Å². The first-order chi connectivity index (χ1) is 9.33. The highest BCUT2D eigenvalue weighted by atomic mass is 32.1. The van der Waals surface area contributed by atoms with Crippen LogP contribution in [0.5, 0.6) is 0 Å². The molecular weight excluding hydrogens is 256 g/mol. The van der Waals surface area contributed by atoms with Crippen molar-refractivity contribution in [1.29, 1.82) is 0 Å². The zero-order valence-corrected chi connectivity index (χ0v) is 10.7. The first kappa shape index (κ1) is 10.5. The van der Waals surface area contributed by atoms with E-state index in [0.29, 0.717) is 4.77 Å². The molecule has 0 aliphatic rings. The Bertz CT molecular complexity index is 912. The number of nitrogens with one attached hydrogen (secondary N) is 2. The monoisotopic (exact) mass is 266 g/mol. The molecule has 0 unspecified atom stereocenters. The van der Waals surface area contributed by atoms with Crippen LogP contribution in [0.15, 0.2) is 48.5 Å². The second-order valence-electron chi connectivity index (χ2n) is 4.36. The fourth-order valence-electron chi connectivity index (χ4n) is 2.31. The summed E-state index contributed by atoms with van der Waals surface area (Å²) >= 11 is 5.39. The molecule has 0 amide bonds. The second-order valence-corrected chi connectivity index (χ2v) is 4.75. The number of aromatic amines is 2. The van der Waals surface area contributed by atoms with Crippen molar-refractivity contribution in [2.45, 2.75) is 0 Å². The Morgan fingerprint density at radius 3 is 2.47 bits per heavy atom. The molecule has 0 saturated carbocycles. The van der Waals surface area contributed by atoms with E-state index < -0.39 is 0 Å². The van der Waals surface area contributed by atoms with Crippen LogP contribution in [0.4, 0.5) is 0 Å². The number of nitrogens with zero attached hydrogens (tertiary/aromatic N) is 2. The summed E-state index contributed by atoms with van der Waals surface area (Å²) in [5.74, 6) is 0.739. The maximum Gasteiger partial charge on any atom is 0.215 e. The number of benzene rings is 2. The van der Waals surface area contributed by atoms with E-state index in [2.05, 4.69) is 15.0 Å². The largest absolute Gasteiger partial charge is 0.330 e. The molecule has 2 aromatic carbocycles. The third kappa shape index (κ3) is 1.52. The van der Waals surface area contributed by atoms with Crippen LogP contribution in [0, 0.1) is 4.77 Å². The molecule has 4 aromatic rings. The molecule has 0 bridgehead atoms. The Morgan fingerprint density at radius 2 is 1.63 bits per heavy atom. The summed E-state index contributed by atoms with van der Waals surface area (Å²) in [6, 6.07) is 15.9. The molecule has 4 rings (SSSR count). The van der Waals surface area contributed by atoms with Gasteiger partial charge in [-0.1, -0.05) is 24.3 Å². The van der Waals surface area contributed by atoms with Crippen LogP contribution in [-0.2, 0) is 0 Å². The van der Waals surface area contributed by atoms with Crippen molar-refractivity contribution in [2.24, 2.45) is 0 Å². The van der Waals surface area contributed by atoms with Gasteiger partial charge in [0.1, 0.15) is 0 Å². The molecule has 0 fully saturated rings. The molecular formula is C14H10N4S. The van der Waals surface area contributed by atoms with Crippen molar-refractivity contribution in [3.8, 4) is 5.95 Å². The first-order valence-electron chi connectivity index (χ1n) is 5.98. The number of H-pyrrole nitrogens is 2. The lowest BCUT2D eigenvalue weighted by Crippen LogP contribution is -1.95. The van der Waals surface area contributed by atoms with E-state index in [1.807, 2.05) is 53.1 Å². The Morgan fingerprint density at radius 1 is 0.895 bits per heavy atom. The number of rotatable bonds is 1. The summed E-state index contributed by atoms with van der Waals surface area (Å²) in [5, 5.41) is 0. The van der Waals surface area contributed by atoms with Crippen LogP contribution in [0.3, 0.4) is 0 Å². The fourth-order valence-corrected chi connectivity index (χ4v) is 2.61. The van der Waals surface area contributed by atoms with E-state index in [1.165, 1.54) is 0 Å². The second kappa shape index (κ2) is 3.80. The van der Waals surface area contributed by atoms with E-state index in [1.54, 1.807) is 0 Å². The van der Waals surface area contributed by atoms with Gasteiger partial charge in [-0.15, -0.1) is 0 Å². The van der Waals surface area contributed by atoms with Gasteiger partial charge in [0.15, 0.2) is 4.77 Å². The topological polar surface area (TPSA) is 49.4 Å². The number of para-hydroxylation sites is 4. The minimum atomic E-state index is 0.639. The first-order valence-corrected chi connectivity index (χ1v) is 6.39. The average Bonchev–Trinajstić information content (AvgIpc) is 2.97. The average molecular weight is 266 g/mol. The zero-order chi connectivity index (χ0) is 12.8. The Hall–Kier alpha value is -2.40. The van der Waals surface area contributed by atoms with Crippen LogP contribution >= 0.6 is 12.2 Å². The molecule has 0 saturated heterocycles. The molecule has 2 heterocycles. The normalized spacial score (nSPS) is 11.4. The smallest absolute Gasteiger partial charge is 0.215 e. The predicted molar refractivity (Wildman–Crippen MR) is 78.1 cm³/mol. The van der Waals surface area contributed by atoms with E-state index >= 15 is 0 Å². The molecule has 2 N–H and O–H groups in total. The number of aromatic nitrogens is 4. The van der Waals surface area contributed by atoms with E-state index in [0.717, 1.165) is 28.0 Å². The van der Waals surface area contributed by atoms with Gasteiger partial charge in [0, 0.05) is 0 Å². The summed E-state index contributed by atoms with van der Waals surface area (Å²) in [6.07, 6.45) is 0. The lowest BCUT2D eigenvalue weighted by Gasteiger charge is -1.98. The number of hydrogen-bond acceptors (Lipinski definition) is 2. The van der Waals surface area contributed by atoms with Gasteiger partial charge in [0.25, 0.3) is 0 Å². The summed E-state index contributed by atoms with van der Waals surface area (Å²) < 4.78 is 2.56. The summed E-state index contributed by atoms with van der Waals surface area (Å²) in [4.78, 5) is 11.1. The Kier molecular flexibility index (Phi) is 2.10. The van der Waals surface area contributed by atoms with Crippen LogP contribution in [-0.4, -0.2) is 19.5 Å². The maximum absolute atomic E-state index is 5.39. The highest BCUT2D eigenvalue weighted by Gasteiger charge is 2.09. The van der Waals surface area contributed by atoms with Crippen molar-refractivity contribution in [3.63, 3.8) is 0 Å². The molecule has 0 aliphatic heterocycles. The fraction of sp³-hybridized carbons (Fsp3) is 0. The van der Waals surface area contributed by atoms with Gasteiger partial charge in [-0.05, 0) is 36.5 Å². The molecule has 0 atom stereocenters. The standard InChI is InChI=1S/C14H10N4S/c19-14-17-11-7-3-4-8-12(11)18(14)13-15-9-5-1-2-6-10(9)16-13/h1-8H,(H,15,16)(H,17,19). The minimum Gasteiger partial charge on any atom is -0.330 e. The van der Waals surface area contributed by atoms with Crippen LogP contribution in [0.1, 0.15) is 0 Å². The van der Waals surface area contributed by atoms with Crippen molar-refractivity contribution in [1.82, 2.24) is 19.5 Å². The lowest BCUT2D eigenvalue weighted by atomic mass is 10.3. The van der Waals surface area contributed by atoms with Crippen molar-refractivity contribution < 1.29 is 0 Å². The molecule has 0 radical (unpaired) electrons. The van der Waals surface area contributed by atoms with E-state index in [-0.39, 0.29) is 0 Å². The quantitative estimate of drug-likeness (QED) is 0.517. The van der Waals surface area contributed by atoms with Crippen LogP contribution in [0.2, 0.25) is 0 Å². The zero-order valence-electron chi connectivity index (χ0n) is 9.92. The van der Waals surface area contributed by atoms with Crippen molar-refractivity contribution >= 4 is 34.3 Å². The van der Waals surface area contributed by atoms with Crippen molar-refractivity contribution in [2.75, 3.05) is 0 Å². The predicted octanol–water partition coefficient (Wildman–Crippen LogP) is 3.56. The molecule has 0 aliphatic carbocycles. The molecule has 4 nitrogen and oxygen atoms in total. The number of fused-ring (bicyclic) bond motifs is 2. The highest BCUT2D eigenvalue weighted by molar-refractivity contribution is 7.71. The molecule has 2 aromatic heterocycles. The van der Waals surface area contributed by atoms with Crippen LogP contribution < -0.4 is 0 Å². The van der Waals surface area contributed by atoms with Gasteiger partial charge in [-0.2, -0.15) is 0 Å². The Labute approximate surface area is 113 Å². The van der Waals surface area contributed by atoms with E-state index in [4.69, 9.17) is 12.2 Å². The summed E-state index contributed by atoms with van der Waals surface area (Å²) in [5.41, 5.74) is 3.97. The van der Waals surface area contributed by atoms with Crippen molar-refractivity contribution in [3.05, 3.63) is 53.3 Å². The summed E-state index contributed by atoms with van der Waals surface area (Å²) in [7, 11) is 0. The Balaban J connectivity index is 2.09. The van der Waals surface area contributed by atoms with E-state index in [9.17, 15) is 0 Å². The van der Waals surface area contributed by atoms with Gasteiger partial charge >= 0.3 is 0 Å². The molecule has 92 valence electrons. The molecule has 0 spiro atoms. The number of hydrogen-bond donors (Lipinski definition) is 2. The van der Waals surface area contributed by atoms with Gasteiger partial charge in [-0.3, -0.25) is 4.57 Å². The third-order valence-electron chi connectivity index (χ3n) is 3.18. The maximum atomic E-state index is 5.39. The van der Waals surface area contributed by atoms with Gasteiger partial charge in [-0.25, -0.2) is 4.98 Å². The molecule has 19 heavy (non-hydrogen) atoms. The molecule has 5 heteroatoms. The van der Waals surface area contributed by atoms with Crippen LogP contribution in [0.25, 0.3) is 28.0 Å². The minimum absolute atomic E-state index is 0.639. The number of imidazole rings is 2. The SMILES string of the molecule is S=c1[nH]c2ccccc2n1-c1nc2ccccc2[nH]1. The van der Waals surface area contributed by atoms with Gasteiger partial charge in [0.2, 0.25) is 5.95 Å². The lowest BCUT2D eigenvalue weighted by molar-refractivity contribution is 0.977. The van der Waals surface area contributed by atoms with Gasteiger partial charge in [0.05, 0.1) is 22.1 Å². The highest BCUT2D eigenvalue weighted by Crippen LogP contribution is 2.19.